The lowest BCUT2D eigenvalue weighted by atomic mass is 9.85. The molecule has 1 aliphatic heterocycles. The van der Waals surface area contributed by atoms with Crippen molar-refractivity contribution in [1.82, 2.24) is 44.7 Å². The Hall–Kier alpha value is -3.61. The fraction of sp³-hybridized carbons (Fsp3) is 0.625. The maximum absolute atomic E-state index is 13.8. The second kappa shape index (κ2) is 9.69. The van der Waals surface area contributed by atoms with E-state index in [2.05, 4.69) is 30.6 Å². The number of imidazole rings is 1. The molecule has 2 aliphatic rings. The summed E-state index contributed by atoms with van der Waals surface area (Å²) in [5.41, 5.74) is 7.45. The molecule has 0 aromatic carbocycles. The first-order chi connectivity index (χ1) is 17.6. The molecular weight excluding hydrogens is 476 g/mol. The van der Waals surface area contributed by atoms with Gasteiger partial charge < -0.3 is 25.6 Å². The van der Waals surface area contributed by atoms with Crippen molar-refractivity contribution in [3.63, 3.8) is 0 Å². The van der Waals surface area contributed by atoms with Crippen LogP contribution in [0, 0.1) is 5.41 Å². The highest BCUT2D eigenvalue weighted by Crippen LogP contribution is 2.40. The number of carbonyl (C=O) groups is 2. The second-order valence-electron chi connectivity index (χ2n) is 11.1. The van der Waals surface area contributed by atoms with Crippen LogP contribution in [0.5, 0.6) is 0 Å². The molecular formula is C24H34N10O3. The van der Waals surface area contributed by atoms with E-state index in [9.17, 15) is 14.7 Å². The summed E-state index contributed by atoms with van der Waals surface area (Å²) in [7, 11) is 0. The highest BCUT2D eigenvalue weighted by Gasteiger charge is 2.45. The Kier molecular flexibility index (Phi) is 6.56. The van der Waals surface area contributed by atoms with Crippen molar-refractivity contribution in [2.75, 3.05) is 18.8 Å². The quantitative estimate of drug-likeness (QED) is 0.368. The van der Waals surface area contributed by atoms with Crippen molar-refractivity contribution in [3.05, 3.63) is 24.5 Å². The van der Waals surface area contributed by atoms with Gasteiger partial charge in [0.1, 0.15) is 23.9 Å². The molecule has 2 unspecified atom stereocenters. The number of nitrogens with zero attached hydrogens (tertiary/aromatic N) is 8. The van der Waals surface area contributed by atoms with Crippen LogP contribution in [0.3, 0.4) is 0 Å². The molecule has 1 saturated carbocycles. The largest absolute Gasteiger partial charge is 0.391 e. The highest BCUT2D eigenvalue weighted by atomic mass is 16.3. The number of nitrogens with two attached hydrogens (primary N) is 1. The number of aryl methyl sites for hydroxylation is 1. The van der Waals surface area contributed by atoms with Crippen LogP contribution < -0.4 is 11.1 Å². The summed E-state index contributed by atoms with van der Waals surface area (Å²) < 4.78 is 3.48. The van der Waals surface area contributed by atoms with Crippen LogP contribution in [-0.4, -0.2) is 81.6 Å². The number of amides is 2. The Labute approximate surface area is 214 Å². The molecule has 4 N–H and O–H groups in total. The van der Waals surface area contributed by atoms with E-state index in [0.717, 1.165) is 18.5 Å². The van der Waals surface area contributed by atoms with E-state index < -0.39 is 23.6 Å². The van der Waals surface area contributed by atoms with Crippen LogP contribution in [0.2, 0.25) is 0 Å². The molecule has 1 aliphatic carbocycles. The zero-order valence-electron chi connectivity index (χ0n) is 21.4. The van der Waals surface area contributed by atoms with E-state index in [1.165, 1.54) is 11.2 Å². The predicted octanol–water partition coefficient (Wildman–Crippen LogP) is 0.633. The Morgan fingerprint density at radius 2 is 2.03 bits per heavy atom. The first kappa shape index (κ1) is 25.1. The molecule has 3 aromatic rings. The molecule has 2 fully saturated rings. The monoisotopic (exact) mass is 510 g/mol. The molecule has 2 amide bonds. The van der Waals surface area contributed by atoms with E-state index in [4.69, 9.17) is 5.73 Å². The molecule has 4 heterocycles. The van der Waals surface area contributed by atoms with Crippen molar-refractivity contribution < 1.29 is 14.7 Å². The summed E-state index contributed by atoms with van der Waals surface area (Å²) >= 11 is 0. The number of nitrogens with one attached hydrogen (secondary N) is 1. The first-order valence-corrected chi connectivity index (χ1v) is 12.7. The zero-order valence-corrected chi connectivity index (χ0v) is 21.4. The highest BCUT2D eigenvalue weighted by molar-refractivity contribution is 5.90. The van der Waals surface area contributed by atoms with E-state index in [0.29, 0.717) is 42.4 Å². The zero-order chi connectivity index (χ0) is 26.3. The smallest absolute Gasteiger partial charge is 0.248 e. The van der Waals surface area contributed by atoms with Gasteiger partial charge in [-0.1, -0.05) is 26.0 Å². The first-order valence-electron chi connectivity index (χ1n) is 12.7. The van der Waals surface area contributed by atoms with E-state index in [1.54, 1.807) is 11.0 Å². The van der Waals surface area contributed by atoms with Crippen LogP contribution in [0.15, 0.2) is 18.9 Å². The normalized spacial score (nSPS) is 20.9. The second-order valence-corrected chi connectivity index (χ2v) is 11.1. The van der Waals surface area contributed by atoms with Crippen LogP contribution in [0.25, 0.3) is 11.2 Å². The summed E-state index contributed by atoms with van der Waals surface area (Å²) in [5.74, 6) is 0.224. The molecule has 198 valence electrons. The minimum atomic E-state index is -0.763. The fourth-order valence-electron chi connectivity index (χ4n) is 4.97. The lowest BCUT2D eigenvalue weighted by molar-refractivity contribution is -0.144. The van der Waals surface area contributed by atoms with Gasteiger partial charge in [0, 0.05) is 38.2 Å². The van der Waals surface area contributed by atoms with Gasteiger partial charge in [-0.05, 0) is 24.7 Å². The Bertz CT molecular complexity index is 1290. The van der Waals surface area contributed by atoms with E-state index in [1.807, 2.05) is 31.5 Å². The number of aliphatic hydroxyl groups is 1. The third kappa shape index (κ3) is 5.13. The standard InChI is InChI=1S/C24H34N10O3/c1-24(2,3)19(34-11-16(30-31-34)14-5-6-14)23(37)33-10-15(35)9-17(33)22(36)26-7-4-8-32-13-29-18-20(25)27-12-28-21(18)32/h11-15,17,19,35H,4-10H2,1-3H3,(H,26,36)(H2,25,27,28)/t15?,17?,19-/m1/s1. The molecule has 0 spiro atoms. The SMILES string of the molecule is CC(C)(C)[C@@H](C(=O)N1CC(O)CC1C(=O)NCCCn1cnc2c(N)ncnc21)n1cc(C2CC2)nn1. The topological polar surface area (TPSA) is 170 Å². The average molecular weight is 511 g/mol. The van der Waals surface area contributed by atoms with Gasteiger partial charge in [-0.15, -0.1) is 5.10 Å². The number of rotatable bonds is 8. The summed E-state index contributed by atoms with van der Waals surface area (Å²) in [4.78, 5) is 40.8. The number of nitrogen functional groups attached to an aromatic ring is 1. The number of aliphatic hydroxyl groups excluding tert-OH is 1. The Balaban J connectivity index is 1.23. The van der Waals surface area contributed by atoms with Gasteiger partial charge in [0.25, 0.3) is 0 Å². The molecule has 37 heavy (non-hydrogen) atoms. The minimum absolute atomic E-state index is 0.107. The maximum atomic E-state index is 13.8. The Morgan fingerprint density at radius 1 is 1.24 bits per heavy atom. The fourth-order valence-corrected chi connectivity index (χ4v) is 4.97. The van der Waals surface area contributed by atoms with E-state index >= 15 is 0 Å². The number of aromatic nitrogens is 7. The molecule has 5 rings (SSSR count). The lowest BCUT2D eigenvalue weighted by Crippen LogP contribution is -2.50. The number of hydrogen-bond donors (Lipinski definition) is 3. The molecule has 13 heteroatoms. The van der Waals surface area contributed by atoms with Gasteiger partial charge in [-0.3, -0.25) is 9.59 Å². The van der Waals surface area contributed by atoms with Crippen molar-refractivity contribution in [2.45, 2.75) is 77.1 Å². The molecule has 1 saturated heterocycles. The molecule has 0 radical (unpaired) electrons. The van der Waals surface area contributed by atoms with Gasteiger partial charge in [0.05, 0.1) is 18.1 Å². The van der Waals surface area contributed by atoms with Crippen LogP contribution in [-0.2, 0) is 16.1 Å². The van der Waals surface area contributed by atoms with Gasteiger partial charge in [-0.25, -0.2) is 19.6 Å². The Morgan fingerprint density at radius 3 is 2.76 bits per heavy atom. The average Bonchev–Trinajstić information content (AvgIpc) is 3.23. The van der Waals surface area contributed by atoms with Gasteiger partial charge in [-0.2, -0.15) is 0 Å². The summed E-state index contributed by atoms with van der Waals surface area (Å²) in [6.45, 7) is 6.97. The van der Waals surface area contributed by atoms with Crippen molar-refractivity contribution in [1.29, 1.82) is 0 Å². The summed E-state index contributed by atoms with van der Waals surface area (Å²) in [6, 6.07) is -1.39. The van der Waals surface area contributed by atoms with Crippen LogP contribution >= 0.6 is 0 Å². The third-order valence-corrected chi connectivity index (χ3v) is 7.01. The third-order valence-electron chi connectivity index (χ3n) is 7.01. The molecule has 3 atom stereocenters. The van der Waals surface area contributed by atoms with Gasteiger partial charge in [0.2, 0.25) is 11.8 Å². The number of likely N-dealkylation sites (tertiary alicyclic amines) is 1. The lowest BCUT2D eigenvalue weighted by Gasteiger charge is -2.34. The number of hydrogen-bond acceptors (Lipinski definition) is 9. The van der Waals surface area contributed by atoms with Crippen LogP contribution in [0.4, 0.5) is 5.82 Å². The summed E-state index contributed by atoms with van der Waals surface area (Å²) in [5, 5.41) is 21.9. The van der Waals surface area contributed by atoms with Crippen molar-refractivity contribution >= 4 is 28.8 Å². The number of carbonyl (C=O) groups excluding carboxylic acids is 2. The van der Waals surface area contributed by atoms with E-state index in [-0.39, 0.29) is 24.8 Å². The number of fused-ring (bicyclic) bond motifs is 1. The summed E-state index contributed by atoms with van der Waals surface area (Å²) in [6.07, 6.45) is 7.13. The predicted molar refractivity (Wildman–Crippen MR) is 134 cm³/mol. The van der Waals surface area contributed by atoms with Crippen LogP contribution in [0.1, 0.15) is 64.1 Å². The van der Waals surface area contributed by atoms with Crippen molar-refractivity contribution in [2.24, 2.45) is 5.41 Å². The van der Waals surface area contributed by atoms with Gasteiger partial charge >= 0.3 is 0 Å². The number of β-amino-alcohol motifs (C(OH)–C–C–N with tert-alkyl or cyclic N) is 1. The molecule has 13 nitrogen and oxygen atoms in total. The maximum Gasteiger partial charge on any atom is 0.248 e. The number of anilines is 1. The molecule has 3 aromatic heterocycles. The van der Waals surface area contributed by atoms with Gasteiger partial charge in [0.15, 0.2) is 11.5 Å². The van der Waals surface area contributed by atoms with Crippen molar-refractivity contribution in [3.8, 4) is 0 Å². The minimum Gasteiger partial charge on any atom is -0.391 e. The molecule has 0 bridgehead atoms.